The van der Waals surface area contributed by atoms with Crippen molar-refractivity contribution in [2.75, 3.05) is 19.6 Å². The molecule has 6 nitrogen and oxygen atoms in total. The molecular formula is C18H20ClN3O3S. The van der Waals surface area contributed by atoms with Crippen molar-refractivity contribution in [3.63, 3.8) is 0 Å². The zero-order valence-electron chi connectivity index (χ0n) is 14.1. The van der Waals surface area contributed by atoms with E-state index in [1.54, 1.807) is 36.7 Å². The Morgan fingerprint density at radius 1 is 1.12 bits per heavy atom. The second kappa shape index (κ2) is 8.16. The molecule has 138 valence electrons. The fourth-order valence-corrected chi connectivity index (χ4v) is 4.55. The van der Waals surface area contributed by atoms with Crippen molar-refractivity contribution in [3.05, 3.63) is 59.4 Å². The largest absolute Gasteiger partial charge is 0.352 e. The summed E-state index contributed by atoms with van der Waals surface area (Å²) < 4.78 is 26.8. The number of halogens is 1. The molecule has 1 amide bonds. The van der Waals surface area contributed by atoms with Gasteiger partial charge >= 0.3 is 0 Å². The van der Waals surface area contributed by atoms with Gasteiger partial charge in [0.15, 0.2) is 0 Å². The molecule has 0 saturated carbocycles. The number of benzene rings is 1. The Bertz CT molecular complexity index is 849. The Labute approximate surface area is 158 Å². The van der Waals surface area contributed by atoms with Crippen LogP contribution >= 0.6 is 11.6 Å². The van der Waals surface area contributed by atoms with Crippen LogP contribution in [0.1, 0.15) is 23.2 Å². The van der Waals surface area contributed by atoms with E-state index in [-0.39, 0.29) is 16.7 Å². The van der Waals surface area contributed by atoms with E-state index in [1.807, 2.05) is 0 Å². The molecule has 0 atom stereocenters. The average molecular weight is 394 g/mol. The zero-order chi connectivity index (χ0) is 18.6. The summed E-state index contributed by atoms with van der Waals surface area (Å²) in [4.78, 5) is 16.2. The van der Waals surface area contributed by atoms with Crippen LogP contribution in [-0.2, 0) is 10.0 Å². The fraction of sp³-hybridized carbons (Fsp3) is 0.333. The van der Waals surface area contributed by atoms with Crippen molar-refractivity contribution < 1.29 is 13.2 Å². The summed E-state index contributed by atoms with van der Waals surface area (Å²) in [5, 5.41) is 3.42. The quantitative estimate of drug-likeness (QED) is 0.846. The van der Waals surface area contributed by atoms with Crippen molar-refractivity contribution in [1.29, 1.82) is 0 Å². The minimum atomic E-state index is -3.50. The number of rotatable bonds is 5. The van der Waals surface area contributed by atoms with E-state index in [2.05, 4.69) is 10.3 Å². The van der Waals surface area contributed by atoms with Crippen LogP contribution in [-0.4, -0.2) is 43.2 Å². The Morgan fingerprint density at radius 2 is 1.73 bits per heavy atom. The van der Waals surface area contributed by atoms with Gasteiger partial charge in [-0.2, -0.15) is 4.31 Å². The Balaban J connectivity index is 1.52. The van der Waals surface area contributed by atoms with E-state index in [0.717, 1.165) is 0 Å². The molecule has 3 rings (SSSR count). The average Bonchev–Trinajstić information content (AvgIpc) is 2.67. The maximum atomic E-state index is 12.7. The monoisotopic (exact) mass is 393 g/mol. The van der Waals surface area contributed by atoms with Gasteiger partial charge in [0.25, 0.3) is 5.91 Å². The topological polar surface area (TPSA) is 79.4 Å². The predicted octanol–water partition coefficient (Wildman–Crippen LogP) is 2.57. The SMILES string of the molecule is O=C(NCC1CCN(S(=O)(=O)c2ccc(Cl)cc2)CC1)c1ccncc1. The molecule has 0 bridgehead atoms. The highest BCUT2D eigenvalue weighted by molar-refractivity contribution is 7.89. The summed E-state index contributed by atoms with van der Waals surface area (Å²) in [5.74, 6) is 0.126. The molecule has 1 aromatic carbocycles. The van der Waals surface area contributed by atoms with Crippen LogP contribution in [0.25, 0.3) is 0 Å². The molecule has 0 spiro atoms. The van der Waals surface area contributed by atoms with E-state index < -0.39 is 10.0 Å². The van der Waals surface area contributed by atoms with E-state index in [9.17, 15) is 13.2 Å². The third-order valence-electron chi connectivity index (χ3n) is 4.52. The lowest BCUT2D eigenvalue weighted by atomic mass is 9.98. The molecule has 1 aliphatic rings. The number of hydrogen-bond donors (Lipinski definition) is 1. The third-order valence-corrected chi connectivity index (χ3v) is 6.68. The maximum Gasteiger partial charge on any atom is 0.251 e. The van der Waals surface area contributed by atoms with Crippen LogP contribution in [0.15, 0.2) is 53.7 Å². The van der Waals surface area contributed by atoms with Crippen molar-refractivity contribution in [3.8, 4) is 0 Å². The van der Waals surface area contributed by atoms with Crippen molar-refractivity contribution in [2.24, 2.45) is 5.92 Å². The van der Waals surface area contributed by atoms with Gasteiger partial charge in [0.2, 0.25) is 10.0 Å². The highest BCUT2D eigenvalue weighted by atomic mass is 35.5. The number of nitrogens with one attached hydrogen (secondary N) is 1. The number of pyridine rings is 1. The van der Waals surface area contributed by atoms with Crippen molar-refractivity contribution in [2.45, 2.75) is 17.7 Å². The van der Waals surface area contributed by atoms with Crippen LogP contribution in [0.3, 0.4) is 0 Å². The van der Waals surface area contributed by atoms with Gasteiger partial charge in [0, 0.05) is 42.6 Å². The number of sulfonamides is 1. The van der Waals surface area contributed by atoms with E-state index >= 15 is 0 Å². The molecule has 0 radical (unpaired) electrons. The van der Waals surface area contributed by atoms with Crippen LogP contribution in [0, 0.1) is 5.92 Å². The molecule has 0 unspecified atom stereocenters. The van der Waals surface area contributed by atoms with Gasteiger partial charge in [-0.3, -0.25) is 9.78 Å². The van der Waals surface area contributed by atoms with Crippen LogP contribution in [0.4, 0.5) is 0 Å². The summed E-state index contributed by atoms with van der Waals surface area (Å²) in [6, 6.07) is 9.54. The maximum absolute atomic E-state index is 12.7. The molecule has 1 aromatic heterocycles. The molecule has 0 aliphatic carbocycles. The molecular weight excluding hydrogens is 374 g/mol. The van der Waals surface area contributed by atoms with Gasteiger partial charge < -0.3 is 5.32 Å². The molecule has 8 heteroatoms. The second-order valence-electron chi connectivity index (χ2n) is 6.25. The molecule has 26 heavy (non-hydrogen) atoms. The predicted molar refractivity (Wildman–Crippen MR) is 99.5 cm³/mol. The van der Waals surface area contributed by atoms with Crippen LogP contribution in [0.5, 0.6) is 0 Å². The minimum Gasteiger partial charge on any atom is -0.352 e. The first-order chi connectivity index (χ1) is 12.5. The minimum absolute atomic E-state index is 0.136. The lowest BCUT2D eigenvalue weighted by Gasteiger charge is -2.31. The lowest BCUT2D eigenvalue weighted by molar-refractivity contribution is 0.0941. The first kappa shape index (κ1) is 18.8. The number of aromatic nitrogens is 1. The first-order valence-electron chi connectivity index (χ1n) is 8.41. The van der Waals surface area contributed by atoms with Gasteiger partial charge in [0.1, 0.15) is 0 Å². The summed E-state index contributed by atoms with van der Waals surface area (Å²) in [6.45, 7) is 1.43. The number of nitrogens with zero attached hydrogens (tertiary/aromatic N) is 2. The van der Waals surface area contributed by atoms with E-state index in [4.69, 9.17) is 11.6 Å². The highest BCUT2D eigenvalue weighted by Gasteiger charge is 2.29. The standard InChI is InChI=1S/C18H20ClN3O3S/c19-16-1-3-17(4-2-16)26(24,25)22-11-7-14(8-12-22)13-21-18(23)15-5-9-20-10-6-15/h1-6,9-10,14H,7-8,11-13H2,(H,21,23). The van der Waals surface area contributed by atoms with Gasteiger partial charge in [-0.15, -0.1) is 0 Å². The molecule has 1 aliphatic heterocycles. The molecule has 1 saturated heterocycles. The van der Waals surface area contributed by atoms with Crippen molar-refractivity contribution >= 4 is 27.5 Å². The summed E-state index contributed by atoms with van der Waals surface area (Å²) in [6.07, 6.45) is 4.58. The smallest absolute Gasteiger partial charge is 0.251 e. The van der Waals surface area contributed by atoms with Gasteiger partial charge in [0.05, 0.1) is 4.90 Å². The van der Waals surface area contributed by atoms with E-state index in [0.29, 0.717) is 43.1 Å². The second-order valence-corrected chi connectivity index (χ2v) is 8.62. The van der Waals surface area contributed by atoms with E-state index in [1.165, 1.54) is 16.4 Å². The summed E-state index contributed by atoms with van der Waals surface area (Å²) >= 11 is 5.82. The molecule has 1 N–H and O–H groups in total. The van der Waals surface area contributed by atoms with Gasteiger partial charge in [-0.1, -0.05) is 11.6 Å². The number of carbonyl (C=O) groups is 1. The molecule has 2 heterocycles. The number of piperidine rings is 1. The van der Waals surface area contributed by atoms with Gasteiger partial charge in [-0.05, 0) is 55.2 Å². The fourth-order valence-electron chi connectivity index (χ4n) is 2.95. The first-order valence-corrected chi connectivity index (χ1v) is 10.2. The molecule has 2 aromatic rings. The number of amides is 1. The van der Waals surface area contributed by atoms with Crippen LogP contribution in [0.2, 0.25) is 5.02 Å². The van der Waals surface area contributed by atoms with Crippen molar-refractivity contribution in [1.82, 2.24) is 14.6 Å². The van der Waals surface area contributed by atoms with Gasteiger partial charge in [-0.25, -0.2) is 8.42 Å². The highest BCUT2D eigenvalue weighted by Crippen LogP contribution is 2.24. The van der Waals surface area contributed by atoms with Crippen LogP contribution < -0.4 is 5.32 Å². The number of hydrogen-bond acceptors (Lipinski definition) is 4. The Kier molecular flexibility index (Phi) is 5.90. The normalized spacial score (nSPS) is 16.3. The summed E-state index contributed by atoms with van der Waals surface area (Å²) in [7, 11) is -3.50. The lowest BCUT2D eigenvalue weighted by Crippen LogP contribution is -2.41. The zero-order valence-corrected chi connectivity index (χ0v) is 15.7. The molecule has 1 fully saturated rings. The summed E-state index contributed by atoms with van der Waals surface area (Å²) in [5.41, 5.74) is 0.572. The third kappa shape index (κ3) is 4.41. The Morgan fingerprint density at radius 3 is 2.35 bits per heavy atom. The number of carbonyl (C=O) groups excluding carboxylic acids is 1. The Hall–Kier alpha value is -1.96.